The van der Waals surface area contributed by atoms with Gasteiger partial charge in [0.15, 0.2) is 0 Å². The summed E-state index contributed by atoms with van der Waals surface area (Å²) < 4.78 is 0. The first-order chi connectivity index (χ1) is 15.2. The molecule has 0 N–H and O–H groups in total. The molecule has 3 nitrogen and oxygen atoms in total. The third kappa shape index (κ3) is 6.92. The topological polar surface area (TPSA) is 28.0 Å². The van der Waals surface area contributed by atoms with Crippen molar-refractivity contribution in [2.24, 2.45) is 10.2 Å². The normalized spacial score (nSPS) is 11.5. The van der Waals surface area contributed by atoms with E-state index in [4.69, 9.17) is 0 Å². The van der Waals surface area contributed by atoms with E-state index in [-0.39, 0.29) is 0 Å². The Balaban J connectivity index is 1.58. The Kier molecular flexibility index (Phi) is 8.59. The van der Waals surface area contributed by atoms with Crippen LogP contribution in [0.4, 0.5) is 17.1 Å². The summed E-state index contributed by atoms with van der Waals surface area (Å²) >= 11 is 0. The number of azo groups is 1. The average molecular weight is 412 g/mol. The second kappa shape index (κ2) is 11.8. The Morgan fingerprint density at radius 1 is 0.645 bits per heavy atom. The monoisotopic (exact) mass is 411 g/mol. The van der Waals surface area contributed by atoms with Crippen LogP contribution >= 0.6 is 0 Å². The Hall–Kier alpha value is -3.20. The molecule has 0 aliphatic rings. The summed E-state index contributed by atoms with van der Waals surface area (Å²) in [5.74, 6) is 0. The predicted octanol–water partition coefficient (Wildman–Crippen LogP) is 8.46. The van der Waals surface area contributed by atoms with Crippen LogP contribution in [0, 0.1) is 0 Å². The maximum absolute atomic E-state index is 4.37. The van der Waals surface area contributed by atoms with Gasteiger partial charge in [-0.3, -0.25) is 0 Å². The van der Waals surface area contributed by atoms with Gasteiger partial charge < -0.3 is 4.90 Å². The summed E-state index contributed by atoms with van der Waals surface area (Å²) in [5, 5.41) is 8.74. The molecule has 3 aromatic rings. The van der Waals surface area contributed by atoms with Gasteiger partial charge >= 0.3 is 0 Å². The zero-order chi connectivity index (χ0) is 21.9. The van der Waals surface area contributed by atoms with Gasteiger partial charge in [-0.15, -0.1) is 0 Å². The maximum Gasteiger partial charge on any atom is 0.0858 e. The molecule has 0 saturated carbocycles. The minimum atomic E-state index is 0.852. The lowest BCUT2D eigenvalue weighted by atomic mass is 10.1. The van der Waals surface area contributed by atoms with Gasteiger partial charge in [-0.2, -0.15) is 10.2 Å². The molecule has 0 unspecified atom stereocenters. The van der Waals surface area contributed by atoms with E-state index in [1.54, 1.807) is 0 Å². The zero-order valence-electron chi connectivity index (χ0n) is 19.0. The molecule has 3 rings (SSSR count). The van der Waals surface area contributed by atoms with Gasteiger partial charge in [0.1, 0.15) is 0 Å². The summed E-state index contributed by atoms with van der Waals surface area (Å²) in [6, 6.07) is 25.2. The van der Waals surface area contributed by atoms with Crippen molar-refractivity contribution in [2.75, 3.05) is 18.0 Å². The minimum Gasteiger partial charge on any atom is -0.372 e. The van der Waals surface area contributed by atoms with E-state index in [1.165, 1.54) is 29.7 Å². The number of aryl methyl sites for hydroxylation is 1. The molecule has 0 amide bonds. The molecular formula is C28H33N3. The Morgan fingerprint density at radius 2 is 1.13 bits per heavy atom. The highest BCUT2D eigenvalue weighted by atomic mass is 15.1. The van der Waals surface area contributed by atoms with Crippen molar-refractivity contribution in [3.8, 4) is 0 Å². The number of benzene rings is 3. The lowest BCUT2D eigenvalue weighted by Crippen LogP contribution is -2.21. The Labute approximate surface area is 187 Å². The van der Waals surface area contributed by atoms with Crippen LogP contribution in [-0.2, 0) is 6.42 Å². The van der Waals surface area contributed by atoms with Crippen molar-refractivity contribution >= 4 is 29.2 Å². The van der Waals surface area contributed by atoms with Gasteiger partial charge in [-0.25, -0.2) is 0 Å². The zero-order valence-corrected chi connectivity index (χ0v) is 19.0. The third-order valence-corrected chi connectivity index (χ3v) is 5.42. The second-order valence-corrected chi connectivity index (χ2v) is 7.66. The Morgan fingerprint density at radius 3 is 1.61 bits per heavy atom. The first kappa shape index (κ1) is 22.5. The molecule has 160 valence electrons. The molecule has 0 radical (unpaired) electrons. The summed E-state index contributed by atoms with van der Waals surface area (Å²) in [7, 11) is 0. The van der Waals surface area contributed by atoms with E-state index in [0.29, 0.717) is 0 Å². The van der Waals surface area contributed by atoms with E-state index < -0.39 is 0 Å². The molecule has 3 heteroatoms. The summed E-state index contributed by atoms with van der Waals surface area (Å²) in [5.41, 5.74) is 6.72. The number of nitrogens with zero attached hydrogens (tertiary/aromatic N) is 3. The van der Waals surface area contributed by atoms with Gasteiger partial charge in [0, 0.05) is 18.8 Å². The quantitative estimate of drug-likeness (QED) is 0.243. The van der Waals surface area contributed by atoms with Crippen LogP contribution in [0.5, 0.6) is 0 Å². The molecule has 0 spiro atoms. The fourth-order valence-electron chi connectivity index (χ4n) is 3.46. The van der Waals surface area contributed by atoms with Crippen molar-refractivity contribution in [3.63, 3.8) is 0 Å². The maximum atomic E-state index is 4.37. The average Bonchev–Trinajstić information content (AvgIpc) is 2.83. The minimum absolute atomic E-state index is 0.852. The van der Waals surface area contributed by atoms with Crippen LogP contribution in [0.2, 0.25) is 0 Å². The van der Waals surface area contributed by atoms with Crippen LogP contribution in [-0.4, -0.2) is 13.1 Å². The van der Waals surface area contributed by atoms with E-state index in [9.17, 15) is 0 Å². The smallest absolute Gasteiger partial charge is 0.0858 e. The SMILES string of the molecule is CCCCc1ccc(/C=C/c2ccc(N=Nc3ccc(N(CC)CC)cc3)cc2)cc1. The van der Waals surface area contributed by atoms with Crippen molar-refractivity contribution in [1.29, 1.82) is 0 Å². The first-order valence-corrected chi connectivity index (χ1v) is 11.4. The largest absolute Gasteiger partial charge is 0.372 e. The lowest BCUT2D eigenvalue weighted by molar-refractivity contribution is 0.795. The van der Waals surface area contributed by atoms with Crippen LogP contribution in [0.15, 0.2) is 83.0 Å². The number of unbranched alkanes of at least 4 members (excludes halogenated alkanes) is 1. The van der Waals surface area contributed by atoms with E-state index >= 15 is 0 Å². The highest BCUT2D eigenvalue weighted by Crippen LogP contribution is 2.23. The van der Waals surface area contributed by atoms with E-state index in [1.807, 2.05) is 24.3 Å². The fourth-order valence-corrected chi connectivity index (χ4v) is 3.46. The fraction of sp³-hybridized carbons (Fsp3) is 0.286. The molecule has 0 heterocycles. The van der Waals surface area contributed by atoms with Crippen LogP contribution in [0.3, 0.4) is 0 Å². The van der Waals surface area contributed by atoms with Crippen LogP contribution in [0.25, 0.3) is 12.2 Å². The van der Waals surface area contributed by atoms with Crippen molar-refractivity contribution in [3.05, 3.63) is 89.5 Å². The van der Waals surface area contributed by atoms with Crippen molar-refractivity contribution < 1.29 is 0 Å². The van der Waals surface area contributed by atoms with E-state index in [2.05, 4.69) is 96.6 Å². The molecule has 0 fully saturated rings. The molecule has 0 bridgehead atoms. The van der Waals surface area contributed by atoms with Crippen molar-refractivity contribution in [2.45, 2.75) is 40.0 Å². The van der Waals surface area contributed by atoms with Crippen LogP contribution < -0.4 is 4.90 Å². The molecule has 31 heavy (non-hydrogen) atoms. The molecular weight excluding hydrogens is 378 g/mol. The van der Waals surface area contributed by atoms with Gasteiger partial charge in [0.2, 0.25) is 0 Å². The molecule has 0 atom stereocenters. The highest BCUT2D eigenvalue weighted by molar-refractivity contribution is 5.70. The predicted molar refractivity (Wildman–Crippen MR) is 135 cm³/mol. The molecule has 0 saturated heterocycles. The number of rotatable bonds is 10. The van der Waals surface area contributed by atoms with Gasteiger partial charge in [0.05, 0.1) is 11.4 Å². The second-order valence-electron chi connectivity index (χ2n) is 7.66. The van der Waals surface area contributed by atoms with Gasteiger partial charge in [0.25, 0.3) is 0 Å². The van der Waals surface area contributed by atoms with Gasteiger partial charge in [-0.1, -0.05) is 61.9 Å². The van der Waals surface area contributed by atoms with E-state index in [0.717, 1.165) is 36.4 Å². The molecule has 0 aliphatic heterocycles. The van der Waals surface area contributed by atoms with Crippen molar-refractivity contribution in [1.82, 2.24) is 0 Å². The molecule has 3 aromatic carbocycles. The van der Waals surface area contributed by atoms with Crippen LogP contribution in [0.1, 0.15) is 50.3 Å². The number of hydrogen-bond acceptors (Lipinski definition) is 3. The lowest BCUT2D eigenvalue weighted by Gasteiger charge is -2.20. The highest BCUT2D eigenvalue weighted by Gasteiger charge is 2.01. The Bertz CT molecular complexity index is 964. The van der Waals surface area contributed by atoms with Gasteiger partial charge in [-0.05, 0) is 79.8 Å². The summed E-state index contributed by atoms with van der Waals surface area (Å²) in [4.78, 5) is 2.31. The number of hydrogen-bond donors (Lipinski definition) is 0. The number of anilines is 1. The standard InChI is InChI=1S/C28H33N3/c1-4-7-8-23-9-11-24(12-10-23)13-14-25-15-17-26(18-16-25)29-30-27-19-21-28(22-20-27)31(5-2)6-3/h9-22H,4-8H2,1-3H3/b14-13+,30-29?. The summed E-state index contributed by atoms with van der Waals surface area (Å²) in [6.07, 6.45) is 7.93. The summed E-state index contributed by atoms with van der Waals surface area (Å²) in [6.45, 7) is 8.57. The third-order valence-electron chi connectivity index (χ3n) is 5.42. The molecule has 0 aromatic heterocycles. The molecule has 0 aliphatic carbocycles. The first-order valence-electron chi connectivity index (χ1n) is 11.4.